The molecular weight excluding hydrogens is 365 g/mol. The quantitative estimate of drug-likeness (QED) is 0.372. The maximum absolute atomic E-state index is 13.1. The van der Waals surface area contributed by atoms with Crippen LogP contribution in [0.4, 0.5) is 0 Å². The van der Waals surface area contributed by atoms with Gasteiger partial charge in [0.05, 0.1) is 11.0 Å². The van der Waals surface area contributed by atoms with Crippen LogP contribution in [0, 0.1) is 0 Å². The van der Waals surface area contributed by atoms with E-state index in [1.54, 1.807) is 6.07 Å². The number of aromatic nitrogens is 1. The van der Waals surface area contributed by atoms with Crippen molar-refractivity contribution < 1.29 is 0 Å². The second-order valence-corrected chi connectivity index (χ2v) is 7.40. The molecule has 3 aromatic carbocycles. The monoisotopic (exact) mass is 377 g/mol. The summed E-state index contributed by atoms with van der Waals surface area (Å²) in [5, 5.41) is 3.82. The van der Waals surface area contributed by atoms with Crippen molar-refractivity contribution >= 4 is 50.4 Å². The van der Waals surface area contributed by atoms with Crippen LogP contribution in [0.2, 0.25) is 10.0 Å². The van der Waals surface area contributed by atoms with E-state index in [0.717, 1.165) is 32.9 Å². The largest absolute Gasteiger partial charge is 0.315 e. The van der Waals surface area contributed by atoms with Gasteiger partial charge in [-0.1, -0.05) is 53.5 Å². The number of pyridine rings is 1. The third kappa shape index (κ3) is 2.30. The predicted molar refractivity (Wildman–Crippen MR) is 109 cm³/mol. The first-order valence-electron chi connectivity index (χ1n) is 8.34. The van der Waals surface area contributed by atoms with Crippen molar-refractivity contribution in [2.45, 2.75) is 6.42 Å². The van der Waals surface area contributed by atoms with Gasteiger partial charge in [-0.2, -0.15) is 0 Å². The fraction of sp³-hybridized carbons (Fsp3) is 0.0455. The highest BCUT2D eigenvalue weighted by Crippen LogP contribution is 2.34. The van der Waals surface area contributed by atoms with Gasteiger partial charge in [0.1, 0.15) is 0 Å². The Kier molecular flexibility index (Phi) is 3.46. The van der Waals surface area contributed by atoms with E-state index >= 15 is 0 Å². The van der Waals surface area contributed by atoms with Crippen molar-refractivity contribution in [1.29, 1.82) is 0 Å². The zero-order valence-corrected chi connectivity index (χ0v) is 15.2. The summed E-state index contributed by atoms with van der Waals surface area (Å²) in [4.78, 5) is 13.1. The van der Waals surface area contributed by atoms with Gasteiger partial charge in [0.2, 0.25) is 0 Å². The van der Waals surface area contributed by atoms with Gasteiger partial charge in [-0.25, -0.2) is 0 Å². The zero-order valence-electron chi connectivity index (χ0n) is 13.7. The molecule has 0 aliphatic carbocycles. The maximum atomic E-state index is 13.1. The van der Waals surface area contributed by atoms with Crippen molar-refractivity contribution in [3.63, 3.8) is 0 Å². The van der Waals surface area contributed by atoms with Gasteiger partial charge in [-0.15, -0.1) is 0 Å². The zero-order chi connectivity index (χ0) is 17.8. The van der Waals surface area contributed by atoms with E-state index in [0.29, 0.717) is 21.9 Å². The highest BCUT2D eigenvalue weighted by Gasteiger charge is 2.17. The summed E-state index contributed by atoms with van der Waals surface area (Å²) in [5.74, 6) is 0. The summed E-state index contributed by atoms with van der Waals surface area (Å²) in [6.07, 6.45) is 2.54. The molecule has 5 aromatic rings. The summed E-state index contributed by atoms with van der Waals surface area (Å²) in [6.45, 7) is 0. The number of fused-ring (bicyclic) bond motifs is 3. The standard InChI is InChI=1S/C22H13Cl2NO/c23-15-6-7-20-17(9-15)18-10-16(24)11-19-21(18)25(20)12-14(22(19)26)8-13-4-2-1-3-5-13/h1-7,9-12H,8H2. The maximum Gasteiger partial charge on any atom is 0.193 e. The fourth-order valence-electron chi connectivity index (χ4n) is 3.75. The van der Waals surface area contributed by atoms with Crippen LogP contribution in [0.5, 0.6) is 0 Å². The number of rotatable bonds is 2. The summed E-state index contributed by atoms with van der Waals surface area (Å²) in [5.41, 5.74) is 3.80. The molecule has 0 saturated heterocycles. The number of nitrogens with zero attached hydrogens (tertiary/aromatic N) is 1. The molecule has 0 N–H and O–H groups in total. The second kappa shape index (κ2) is 5.73. The normalized spacial score (nSPS) is 11.8. The molecule has 26 heavy (non-hydrogen) atoms. The van der Waals surface area contributed by atoms with Crippen LogP contribution in [0.1, 0.15) is 11.1 Å². The molecule has 4 heteroatoms. The molecule has 0 aliphatic rings. The Morgan fingerprint density at radius 3 is 2.35 bits per heavy atom. The van der Waals surface area contributed by atoms with Gasteiger partial charge in [-0.3, -0.25) is 4.79 Å². The predicted octanol–water partition coefficient (Wildman–Crippen LogP) is 5.94. The lowest BCUT2D eigenvalue weighted by Crippen LogP contribution is -2.12. The summed E-state index contributed by atoms with van der Waals surface area (Å²) in [6, 6.07) is 19.5. The van der Waals surface area contributed by atoms with Crippen LogP contribution >= 0.6 is 23.2 Å². The van der Waals surface area contributed by atoms with Crippen LogP contribution in [0.25, 0.3) is 27.2 Å². The lowest BCUT2D eigenvalue weighted by atomic mass is 10.0. The summed E-state index contributed by atoms with van der Waals surface area (Å²) >= 11 is 12.5. The van der Waals surface area contributed by atoms with E-state index < -0.39 is 0 Å². The summed E-state index contributed by atoms with van der Waals surface area (Å²) < 4.78 is 2.09. The summed E-state index contributed by atoms with van der Waals surface area (Å²) in [7, 11) is 0. The molecule has 2 nitrogen and oxygen atoms in total. The lowest BCUT2D eigenvalue weighted by Gasteiger charge is -2.07. The Morgan fingerprint density at radius 1 is 0.808 bits per heavy atom. The van der Waals surface area contributed by atoms with Crippen LogP contribution in [0.3, 0.4) is 0 Å². The average Bonchev–Trinajstić information content (AvgIpc) is 2.93. The van der Waals surface area contributed by atoms with Gasteiger partial charge in [0.25, 0.3) is 0 Å². The van der Waals surface area contributed by atoms with Gasteiger partial charge in [0, 0.05) is 44.4 Å². The van der Waals surface area contributed by atoms with Crippen molar-refractivity contribution in [1.82, 2.24) is 4.40 Å². The molecule has 0 spiro atoms. The number of halogens is 2. The van der Waals surface area contributed by atoms with Crippen LogP contribution in [0.15, 0.2) is 71.7 Å². The van der Waals surface area contributed by atoms with E-state index in [-0.39, 0.29) is 5.43 Å². The Hall–Kier alpha value is -2.55. The smallest absolute Gasteiger partial charge is 0.193 e. The molecule has 2 aromatic heterocycles. The highest BCUT2D eigenvalue weighted by atomic mass is 35.5. The Balaban J connectivity index is 1.91. The van der Waals surface area contributed by atoms with E-state index in [1.807, 2.05) is 60.8 Å². The third-order valence-electron chi connectivity index (χ3n) is 4.88. The molecule has 0 saturated carbocycles. The molecule has 5 rings (SSSR count). The Morgan fingerprint density at radius 2 is 1.54 bits per heavy atom. The minimum atomic E-state index is 0.0303. The molecule has 2 heterocycles. The molecule has 0 amide bonds. The molecule has 0 unspecified atom stereocenters. The van der Waals surface area contributed by atoms with Crippen molar-refractivity contribution in [3.05, 3.63) is 98.3 Å². The van der Waals surface area contributed by atoms with Gasteiger partial charge in [0.15, 0.2) is 5.43 Å². The number of hydrogen-bond donors (Lipinski definition) is 0. The molecular formula is C22H13Cl2NO. The molecule has 126 valence electrons. The lowest BCUT2D eigenvalue weighted by molar-refractivity contribution is 1.11. The van der Waals surface area contributed by atoms with E-state index in [2.05, 4.69) is 4.40 Å². The highest BCUT2D eigenvalue weighted by molar-refractivity contribution is 6.34. The van der Waals surface area contributed by atoms with Crippen molar-refractivity contribution in [2.24, 2.45) is 0 Å². The fourth-order valence-corrected chi connectivity index (χ4v) is 4.15. The molecule has 0 fully saturated rings. The molecule has 0 radical (unpaired) electrons. The first-order chi connectivity index (χ1) is 12.6. The minimum absolute atomic E-state index is 0.0303. The van der Waals surface area contributed by atoms with Gasteiger partial charge >= 0.3 is 0 Å². The van der Waals surface area contributed by atoms with Crippen LogP contribution < -0.4 is 5.43 Å². The number of hydrogen-bond acceptors (Lipinski definition) is 1. The topological polar surface area (TPSA) is 21.5 Å². The Labute approximate surface area is 159 Å². The minimum Gasteiger partial charge on any atom is -0.315 e. The first-order valence-corrected chi connectivity index (χ1v) is 9.09. The van der Waals surface area contributed by atoms with E-state index in [9.17, 15) is 4.79 Å². The molecule has 0 aliphatic heterocycles. The van der Waals surface area contributed by atoms with E-state index in [1.165, 1.54) is 0 Å². The van der Waals surface area contributed by atoms with Crippen molar-refractivity contribution in [3.8, 4) is 0 Å². The third-order valence-corrected chi connectivity index (χ3v) is 5.34. The Bertz CT molecular complexity index is 1340. The van der Waals surface area contributed by atoms with Crippen molar-refractivity contribution in [2.75, 3.05) is 0 Å². The van der Waals surface area contributed by atoms with Crippen LogP contribution in [-0.2, 0) is 6.42 Å². The number of benzene rings is 3. The van der Waals surface area contributed by atoms with Crippen LogP contribution in [-0.4, -0.2) is 4.40 Å². The van der Waals surface area contributed by atoms with Gasteiger partial charge in [-0.05, 0) is 35.9 Å². The SMILES string of the molecule is O=c1c(Cc2ccccc2)cn2c3ccc(Cl)cc3c3cc(Cl)cc1c32. The second-order valence-electron chi connectivity index (χ2n) is 6.53. The first kappa shape index (κ1) is 15.7. The molecule has 0 bridgehead atoms. The van der Waals surface area contributed by atoms with E-state index in [4.69, 9.17) is 23.2 Å². The average molecular weight is 378 g/mol. The van der Waals surface area contributed by atoms with Gasteiger partial charge < -0.3 is 4.40 Å². The molecule has 0 atom stereocenters.